The smallest absolute Gasteiger partial charge is 0.305 e. The van der Waals surface area contributed by atoms with Gasteiger partial charge in [0.25, 0.3) is 0 Å². The maximum Gasteiger partial charge on any atom is 0.305 e. The van der Waals surface area contributed by atoms with Crippen molar-refractivity contribution in [2.24, 2.45) is 0 Å². The average Bonchev–Trinajstić information content (AvgIpc) is 2.31. The predicted octanol–water partition coefficient (Wildman–Crippen LogP) is 3.78. The van der Waals surface area contributed by atoms with Crippen LogP contribution >= 0.6 is 15.9 Å². The highest BCUT2D eigenvalue weighted by molar-refractivity contribution is 9.09. The summed E-state index contributed by atoms with van der Waals surface area (Å²) < 4.78 is 4.53. The third-order valence-corrected chi connectivity index (χ3v) is 2.25. The van der Waals surface area contributed by atoms with Crippen LogP contribution in [-0.2, 0) is 9.53 Å². The number of rotatable bonds is 8. The number of hydrogen-bond acceptors (Lipinski definition) is 2. The van der Waals surface area contributed by atoms with Gasteiger partial charge in [0, 0.05) is 11.8 Å². The second-order valence-corrected chi connectivity index (χ2v) is 3.80. The van der Waals surface area contributed by atoms with Gasteiger partial charge in [-0.3, -0.25) is 4.79 Å². The Labute approximate surface area is 106 Å². The van der Waals surface area contributed by atoms with Crippen molar-refractivity contribution in [1.29, 1.82) is 0 Å². The zero-order valence-electron chi connectivity index (χ0n) is 9.69. The highest BCUT2D eigenvalue weighted by Crippen LogP contribution is 1.96. The molecule has 0 bridgehead atoms. The topological polar surface area (TPSA) is 26.3 Å². The molecule has 0 heterocycles. The summed E-state index contributed by atoms with van der Waals surface area (Å²) >= 11 is 3.32. The molecule has 3 heteroatoms. The van der Waals surface area contributed by atoms with Crippen molar-refractivity contribution in [1.82, 2.24) is 0 Å². The summed E-state index contributed by atoms with van der Waals surface area (Å²) in [5, 5.41) is 0.911. The summed E-state index contributed by atoms with van der Waals surface area (Å²) in [5.41, 5.74) is 0. The minimum atomic E-state index is -0.153. The van der Waals surface area contributed by atoms with E-state index >= 15 is 0 Å². The Bertz CT molecular complexity index is 255. The molecule has 0 rings (SSSR count). The molecule has 0 spiro atoms. The maximum absolute atomic E-state index is 10.8. The van der Waals surface area contributed by atoms with E-state index in [-0.39, 0.29) is 5.97 Å². The molecule has 0 saturated heterocycles. The molecule has 0 aromatic heterocycles. The van der Waals surface area contributed by atoms with Crippen molar-refractivity contribution in [3.8, 4) is 0 Å². The average molecular weight is 287 g/mol. The molecule has 0 aromatic carbocycles. The molecule has 0 aliphatic rings. The highest BCUT2D eigenvalue weighted by atomic mass is 79.9. The van der Waals surface area contributed by atoms with Crippen molar-refractivity contribution in [3.05, 3.63) is 36.5 Å². The lowest BCUT2D eigenvalue weighted by atomic mass is 10.2. The maximum atomic E-state index is 10.8. The second kappa shape index (κ2) is 12.2. The third-order valence-electron chi connectivity index (χ3n) is 1.88. The molecule has 0 N–H and O–H groups in total. The molecule has 0 aliphatic heterocycles. The number of esters is 1. The predicted molar refractivity (Wildman–Crippen MR) is 71.7 cm³/mol. The third kappa shape index (κ3) is 11.2. The fourth-order valence-corrected chi connectivity index (χ4v) is 1.29. The molecule has 0 saturated carbocycles. The zero-order chi connectivity index (χ0) is 12.1. The van der Waals surface area contributed by atoms with Gasteiger partial charge in [-0.05, 0) is 19.3 Å². The van der Waals surface area contributed by atoms with E-state index in [2.05, 4.69) is 51.0 Å². The molecule has 2 nitrogen and oxygen atoms in total. The summed E-state index contributed by atoms with van der Waals surface area (Å²) in [5.74, 6) is -0.153. The lowest BCUT2D eigenvalue weighted by molar-refractivity contribution is -0.140. The SMILES string of the molecule is COC(=O)CC/C=C\C/C=C\C/C=C\CBr. The van der Waals surface area contributed by atoms with E-state index in [1.165, 1.54) is 7.11 Å². The Kier molecular flexibility index (Phi) is 11.6. The number of methoxy groups -OCH3 is 1. The van der Waals surface area contributed by atoms with Crippen LogP contribution in [0.15, 0.2) is 36.5 Å². The Morgan fingerprint density at radius 3 is 2.19 bits per heavy atom. The van der Waals surface area contributed by atoms with Crippen LogP contribution < -0.4 is 0 Å². The normalized spacial score (nSPS) is 11.9. The number of carbonyl (C=O) groups is 1. The van der Waals surface area contributed by atoms with Crippen LogP contribution in [-0.4, -0.2) is 18.4 Å². The molecule has 0 unspecified atom stereocenters. The van der Waals surface area contributed by atoms with Gasteiger partial charge < -0.3 is 4.74 Å². The largest absolute Gasteiger partial charge is 0.469 e. The van der Waals surface area contributed by atoms with E-state index in [0.29, 0.717) is 6.42 Å². The molecule has 0 aromatic rings. The molecular formula is C13H19BrO2. The molecule has 90 valence electrons. The van der Waals surface area contributed by atoms with E-state index in [1.807, 2.05) is 6.08 Å². The number of alkyl halides is 1. The van der Waals surface area contributed by atoms with Crippen LogP contribution in [0, 0.1) is 0 Å². The van der Waals surface area contributed by atoms with Crippen molar-refractivity contribution < 1.29 is 9.53 Å². The summed E-state index contributed by atoms with van der Waals surface area (Å²) in [6.45, 7) is 0. The van der Waals surface area contributed by atoms with Gasteiger partial charge in [-0.2, -0.15) is 0 Å². The van der Waals surface area contributed by atoms with Gasteiger partial charge >= 0.3 is 5.97 Å². The number of carbonyl (C=O) groups excluding carboxylic acids is 1. The first kappa shape index (κ1) is 15.2. The van der Waals surface area contributed by atoms with Gasteiger partial charge in [-0.1, -0.05) is 52.4 Å². The minimum Gasteiger partial charge on any atom is -0.469 e. The number of halogens is 1. The molecule has 0 atom stereocenters. The molecular weight excluding hydrogens is 268 g/mol. The second-order valence-electron chi connectivity index (χ2n) is 3.15. The molecule has 0 amide bonds. The molecule has 16 heavy (non-hydrogen) atoms. The summed E-state index contributed by atoms with van der Waals surface area (Å²) in [4.78, 5) is 10.8. The molecule has 0 radical (unpaired) electrons. The van der Waals surface area contributed by atoms with Crippen LogP contribution in [0.5, 0.6) is 0 Å². The number of hydrogen-bond donors (Lipinski definition) is 0. The Balaban J connectivity index is 3.40. The number of allylic oxidation sites excluding steroid dienone is 6. The lowest BCUT2D eigenvalue weighted by Gasteiger charge is -1.93. The Morgan fingerprint density at radius 1 is 1.06 bits per heavy atom. The quantitative estimate of drug-likeness (QED) is 0.386. The van der Waals surface area contributed by atoms with Crippen LogP contribution in [0.2, 0.25) is 0 Å². The Morgan fingerprint density at radius 2 is 1.62 bits per heavy atom. The van der Waals surface area contributed by atoms with Crippen LogP contribution in [0.1, 0.15) is 25.7 Å². The van der Waals surface area contributed by atoms with Crippen molar-refractivity contribution >= 4 is 21.9 Å². The van der Waals surface area contributed by atoms with Gasteiger partial charge in [0.2, 0.25) is 0 Å². The van der Waals surface area contributed by atoms with Crippen molar-refractivity contribution in [2.45, 2.75) is 25.7 Å². The van der Waals surface area contributed by atoms with E-state index in [4.69, 9.17) is 0 Å². The van der Waals surface area contributed by atoms with Crippen LogP contribution in [0.3, 0.4) is 0 Å². The van der Waals surface area contributed by atoms with E-state index in [0.717, 1.165) is 24.6 Å². The summed E-state index contributed by atoms with van der Waals surface area (Å²) in [6, 6.07) is 0. The minimum absolute atomic E-state index is 0.153. The summed E-state index contributed by atoms with van der Waals surface area (Å²) in [7, 11) is 1.41. The van der Waals surface area contributed by atoms with Crippen molar-refractivity contribution in [2.75, 3.05) is 12.4 Å². The molecule has 0 fully saturated rings. The summed E-state index contributed by atoms with van der Waals surface area (Å²) in [6.07, 6.45) is 15.6. The standard InChI is InChI=1S/C13H19BrO2/c1-16-13(15)11-9-7-5-3-2-4-6-8-10-12-14/h2,4-5,7-8,10H,3,6,9,11-12H2,1H3/b4-2-,7-5-,10-8-. The van der Waals surface area contributed by atoms with Crippen molar-refractivity contribution in [3.63, 3.8) is 0 Å². The first-order valence-electron chi connectivity index (χ1n) is 5.39. The van der Waals surface area contributed by atoms with E-state index in [1.54, 1.807) is 0 Å². The first-order valence-corrected chi connectivity index (χ1v) is 6.51. The first-order chi connectivity index (χ1) is 7.81. The Hall–Kier alpha value is -0.830. The van der Waals surface area contributed by atoms with Crippen LogP contribution in [0.25, 0.3) is 0 Å². The van der Waals surface area contributed by atoms with Gasteiger partial charge in [0.1, 0.15) is 0 Å². The van der Waals surface area contributed by atoms with Gasteiger partial charge in [-0.25, -0.2) is 0 Å². The van der Waals surface area contributed by atoms with Crippen LogP contribution in [0.4, 0.5) is 0 Å². The number of ether oxygens (including phenoxy) is 1. The van der Waals surface area contributed by atoms with Gasteiger partial charge in [-0.15, -0.1) is 0 Å². The van der Waals surface area contributed by atoms with Gasteiger partial charge in [0.05, 0.1) is 7.11 Å². The highest BCUT2D eigenvalue weighted by Gasteiger charge is 1.94. The zero-order valence-corrected chi connectivity index (χ0v) is 11.3. The fourth-order valence-electron chi connectivity index (χ4n) is 1.03. The monoisotopic (exact) mass is 286 g/mol. The van der Waals surface area contributed by atoms with E-state index in [9.17, 15) is 4.79 Å². The van der Waals surface area contributed by atoms with E-state index < -0.39 is 0 Å². The lowest BCUT2D eigenvalue weighted by Crippen LogP contribution is -1.97. The fraction of sp³-hybridized carbons (Fsp3) is 0.462. The van der Waals surface area contributed by atoms with Gasteiger partial charge in [0.15, 0.2) is 0 Å². The molecule has 0 aliphatic carbocycles.